The molecule has 0 bridgehead atoms. The molecule has 2 aromatic carbocycles. The fourth-order valence-corrected chi connectivity index (χ4v) is 3.10. The molecule has 0 atom stereocenters. The van der Waals surface area contributed by atoms with Crippen molar-refractivity contribution in [2.45, 2.75) is 13.8 Å². The summed E-state index contributed by atoms with van der Waals surface area (Å²) in [4.78, 5) is 4.57. The van der Waals surface area contributed by atoms with Gasteiger partial charge in [-0.1, -0.05) is 29.0 Å². The first-order valence-corrected chi connectivity index (χ1v) is 7.91. The Morgan fingerprint density at radius 1 is 1.24 bits per heavy atom. The van der Waals surface area contributed by atoms with Crippen LogP contribution in [0.25, 0.3) is 10.2 Å². The van der Waals surface area contributed by atoms with E-state index < -0.39 is 0 Å². The minimum Gasteiger partial charge on any atom is -0.494 e. The molecule has 0 spiro atoms. The van der Waals surface area contributed by atoms with Crippen molar-refractivity contribution in [3.8, 4) is 5.75 Å². The Labute approximate surface area is 132 Å². The Kier molecular flexibility index (Phi) is 3.99. The van der Waals surface area contributed by atoms with Crippen molar-refractivity contribution in [2.24, 2.45) is 0 Å². The number of rotatable bonds is 4. The summed E-state index contributed by atoms with van der Waals surface area (Å²) < 4.78 is 6.61. The fourth-order valence-electron chi connectivity index (χ4n) is 2.01. The lowest BCUT2D eigenvalue weighted by Crippen LogP contribution is -1.90. The SMILES string of the molecule is CCOc1ccc2nc(Nc3ccc(C)c(Cl)c3)sc2c1. The van der Waals surface area contributed by atoms with E-state index in [0.717, 1.165) is 37.4 Å². The van der Waals surface area contributed by atoms with Gasteiger partial charge >= 0.3 is 0 Å². The number of fused-ring (bicyclic) bond motifs is 1. The minimum absolute atomic E-state index is 0.664. The van der Waals surface area contributed by atoms with Gasteiger partial charge in [0.05, 0.1) is 16.8 Å². The van der Waals surface area contributed by atoms with Crippen molar-refractivity contribution in [3.05, 3.63) is 47.0 Å². The van der Waals surface area contributed by atoms with Gasteiger partial charge in [0.1, 0.15) is 5.75 Å². The maximum atomic E-state index is 6.14. The molecular weight excluding hydrogens is 304 g/mol. The summed E-state index contributed by atoms with van der Waals surface area (Å²) in [6, 6.07) is 11.8. The van der Waals surface area contributed by atoms with Crippen LogP contribution in [0, 0.1) is 6.92 Å². The Hall–Kier alpha value is -1.78. The van der Waals surface area contributed by atoms with Crippen LogP contribution in [0.3, 0.4) is 0 Å². The average molecular weight is 319 g/mol. The van der Waals surface area contributed by atoms with Gasteiger partial charge in [-0.2, -0.15) is 0 Å². The second kappa shape index (κ2) is 5.92. The van der Waals surface area contributed by atoms with Crippen LogP contribution in [0.2, 0.25) is 5.02 Å². The van der Waals surface area contributed by atoms with Gasteiger partial charge in [-0.05, 0) is 49.7 Å². The van der Waals surface area contributed by atoms with Crippen molar-refractivity contribution < 1.29 is 4.74 Å². The van der Waals surface area contributed by atoms with E-state index in [0.29, 0.717) is 6.61 Å². The Morgan fingerprint density at radius 3 is 2.86 bits per heavy atom. The molecule has 1 N–H and O–H groups in total. The van der Waals surface area contributed by atoms with E-state index in [2.05, 4.69) is 10.3 Å². The monoisotopic (exact) mass is 318 g/mol. The number of nitrogens with one attached hydrogen (secondary N) is 1. The number of thiazole rings is 1. The molecule has 0 radical (unpaired) electrons. The molecule has 1 aromatic heterocycles. The molecule has 1 heterocycles. The normalized spacial score (nSPS) is 10.8. The van der Waals surface area contributed by atoms with Crippen molar-refractivity contribution in [3.63, 3.8) is 0 Å². The first-order chi connectivity index (χ1) is 10.2. The minimum atomic E-state index is 0.664. The molecule has 3 nitrogen and oxygen atoms in total. The molecule has 108 valence electrons. The molecule has 0 saturated carbocycles. The first kappa shape index (κ1) is 14.2. The average Bonchev–Trinajstić information content (AvgIpc) is 2.85. The van der Waals surface area contributed by atoms with Crippen molar-refractivity contribution >= 4 is 44.0 Å². The number of nitrogens with zero attached hydrogens (tertiary/aromatic N) is 1. The molecule has 0 aliphatic carbocycles. The van der Waals surface area contributed by atoms with Crippen LogP contribution in [0.4, 0.5) is 10.8 Å². The number of ether oxygens (including phenoxy) is 1. The van der Waals surface area contributed by atoms with Crippen molar-refractivity contribution in [2.75, 3.05) is 11.9 Å². The summed E-state index contributed by atoms with van der Waals surface area (Å²) in [6.45, 7) is 4.63. The van der Waals surface area contributed by atoms with Crippen molar-refractivity contribution in [1.29, 1.82) is 0 Å². The third-order valence-electron chi connectivity index (χ3n) is 3.09. The van der Waals surface area contributed by atoms with Crippen LogP contribution in [-0.4, -0.2) is 11.6 Å². The number of hydrogen-bond acceptors (Lipinski definition) is 4. The van der Waals surface area contributed by atoms with Gasteiger partial charge in [0.25, 0.3) is 0 Å². The Balaban J connectivity index is 1.88. The highest BCUT2D eigenvalue weighted by Gasteiger charge is 2.06. The zero-order valence-corrected chi connectivity index (χ0v) is 13.4. The third kappa shape index (κ3) is 3.12. The summed E-state index contributed by atoms with van der Waals surface area (Å²) in [5.41, 5.74) is 2.96. The lowest BCUT2D eigenvalue weighted by molar-refractivity contribution is 0.341. The first-order valence-electron chi connectivity index (χ1n) is 6.72. The van der Waals surface area contributed by atoms with Crippen LogP contribution in [0.15, 0.2) is 36.4 Å². The summed E-state index contributed by atoms with van der Waals surface area (Å²) >= 11 is 7.74. The lowest BCUT2D eigenvalue weighted by Gasteiger charge is -2.04. The second-order valence-corrected chi connectivity index (χ2v) is 6.11. The summed E-state index contributed by atoms with van der Waals surface area (Å²) in [5.74, 6) is 0.874. The standard InChI is InChI=1S/C16H15ClN2OS/c1-3-20-12-6-7-14-15(9-12)21-16(19-14)18-11-5-4-10(2)13(17)8-11/h4-9H,3H2,1-2H3,(H,18,19). The quantitative estimate of drug-likeness (QED) is 0.699. The molecule has 0 aliphatic heterocycles. The maximum Gasteiger partial charge on any atom is 0.188 e. The molecule has 0 aliphatic rings. The number of anilines is 2. The number of benzene rings is 2. The molecule has 3 rings (SSSR count). The van der Waals surface area contributed by atoms with Crippen LogP contribution in [0.1, 0.15) is 12.5 Å². The third-order valence-corrected chi connectivity index (χ3v) is 4.43. The Morgan fingerprint density at radius 2 is 2.10 bits per heavy atom. The summed E-state index contributed by atoms with van der Waals surface area (Å²) in [5, 5.41) is 4.89. The van der Waals surface area contributed by atoms with Crippen LogP contribution in [0.5, 0.6) is 5.75 Å². The van der Waals surface area contributed by atoms with E-state index in [1.54, 1.807) is 11.3 Å². The maximum absolute atomic E-state index is 6.14. The molecule has 0 unspecified atom stereocenters. The molecule has 0 amide bonds. The highest BCUT2D eigenvalue weighted by molar-refractivity contribution is 7.22. The molecule has 3 aromatic rings. The molecular formula is C16H15ClN2OS. The molecule has 21 heavy (non-hydrogen) atoms. The zero-order valence-electron chi connectivity index (χ0n) is 11.8. The predicted molar refractivity (Wildman–Crippen MR) is 90.3 cm³/mol. The smallest absolute Gasteiger partial charge is 0.188 e. The lowest BCUT2D eigenvalue weighted by atomic mass is 10.2. The molecule has 0 fully saturated rings. The molecule has 0 saturated heterocycles. The predicted octanol–water partition coefficient (Wildman–Crippen LogP) is 5.40. The number of halogens is 1. The van der Waals surface area contributed by atoms with E-state index in [1.807, 2.05) is 50.2 Å². The second-order valence-electron chi connectivity index (χ2n) is 4.67. The summed E-state index contributed by atoms with van der Waals surface area (Å²) in [7, 11) is 0. The van der Waals surface area contributed by atoms with Crippen LogP contribution >= 0.6 is 22.9 Å². The fraction of sp³-hybridized carbons (Fsp3) is 0.188. The van der Waals surface area contributed by atoms with Gasteiger partial charge in [-0.15, -0.1) is 0 Å². The van der Waals surface area contributed by atoms with E-state index in [9.17, 15) is 0 Å². The summed E-state index contributed by atoms with van der Waals surface area (Å²) in [6.07, 6.45) is 0. The van der Waals surface area contributed by atoms with Gasteiger partial charge < -0.3 is 10.1 Å². The van der Waals surface area contributed by atoms with Gasteiger partial charge in [-0.3, -0.25) is 0 Å². The number of aryl methyl sites for hydroxylation is 1. The van der Waals surface area contributed by atoms with E-state index in [-0.39, 0.29) is 0 Å². The topological polar surface area (TPSA) is 34.1 Å². The van der Waals surface area contributed by atoms with Crippen LogP contribution in [-0.2, 0) is 0 Å². The Bertz CT molecular complexity index is 785. The number of hydrogen-bond donors (Lipinski definition) is 1. The largest absolute Gasteiger partial charge is 0.494 e. The van der Waals surface area contributed by atoms with Crippen LogP contribution < -0.4 is 10.1 Å². The van der Waals surface area contributed by atoms with Crippen molar-refractivity contribution in [1.82, 2.24) is 4.98 Å². The van der Waals surface area contributed by atoms with E-state index >= 15 is 0 Å². The van der Waals surface area contributed by atoms with Gasteiger partial charge in [0.15, 0.2) is 5.13 Å². The van der Waals surface area contributed by atoms with E-state index in [4.69, 9.17) is 16.3 Å². The highest BCUT2D eigenvalue weighted by Crippen LogP contribution is 2.31. The van der Waals surface area contributed by atoms with Gasteiger partial charge in [0.2, 0.25) is 0 Å². The number of aromatic nitrogens is 1. The van der Waals surface area contributed by atoms with Gasteiger partial charge in [0, 0.05) is 10.7 Å². The van der Waals surface area contributed by atoms with Gasteiger partial charge in [-0.25, -0.2) is 4.98 Å². The molecule has 5 heteroatoms. The van der Waals surface area contributed by atoms with E-state index in [1.165, 1.54) is 0 Å². The highest BCUT2D eigenvalue weighted by atomic mass is 35.5. The zero-order chi connectivity index (χ0) is 14.8.